The van der Waals surface area contributed by atoms with Gasteiger partial charge < -0.3 is 5.32 Å². The van der Waals surface area contributed by atoms with Crippen molar-refractivity contribution in [2.24, 2.45) is 0 Å². The van der Waals surface area contributed by atoms with Crippen LogP contribution in [-0.2, 0) is 19.3 Å². The maximum atomic E-state index is 12.7. The van der Waals surface area contributed by atoms with Gasteiger partial charge in [0.2, 0.25) is 0 Å². The largest absolute Gasteiger partial charge is 0.352 e. The number of hydrogen-bond acceptors (Lipinski definition) is 5. The molecule has 0 saturated heterocycles. The number of benzene rings is 1. The number of nitrogens with one attached hydrogen (secondary N) is 1. The number of carbonyl (C=O) groups is 1. The molecule has 0 saturated carbocycles. The summed E-state index contributed by atoms with van der Waals surface area (Å²) < 4.78 is 1.65. The Morgan fingerprint density at radius 2 is 2.00 bits per heavy atom. The van der Waals surface area contributed by atoms with E-state index in [0.717, 1.165) is 48.2 Å². The van der Waals surface area contributed by atoms with E-state index in [4.69, 9.17) is 4.98 Å². The minimum Gasteiger partial charge on any atom is -0.352 e. The highest BCUT2D eigenvalue weighted by atomic mass is 32.1. The topological polar surface area (TPSA) is 72.7 Å². The molecule has 1 N–H and O–H groups in total. The zero-order valence-corrected chi connectivity index (χ0v) is 18.2. The number of rotatable bonds is 5. The molecule has 3 aromatic heterocycles. The molecule has 1 aliphatic carbocycles. The SMILES string of the molecule is Cc1c(C(=O)NCCc2cccs2)cnn1-c1ncc2c(n1)-c1ccccc1CCC2. The molecule has 4 aromatic rings. The fourth-order valence-electron chi connectivity index (χ4n) is 4.04. The van der Waals surface area contributed by atoms with Crippen LogP contribution in [0.4, 0.5) is 0 Å². The van der Waals surface area contributed by atoms with Gasteiger partial charge in [0.25, 0.3) is 11.9 Å². The van der Waals surface area contributed by atoms with Gasteiger partial charge in [0.05, 0.1) is 23.1 Å². The fourth-order valence-corrected chi connectivity index (χ4v) is 4.75. The quantitative estimate of drug-likeness (QED) is 0.517. The number of fused-ring (bicyclic) bond motifs is 3. The van der Waals surface area contributed by atoms with E-state index in [2.05, 4.69) is 39.7 Å². The third kappa shape index (κ3) is 3.88. The van der Waals surface area contributed by atoms with E-state index in [-0.39, 0.29) is 5.91 Å². The second-order valence-electron chi connectivity index (χ2n) is 7.70. The van der Waals surface area contributed by atoms with Gasteiger partial charge in [-0.15, -0.1) is 11.3 Å². The smallest absolute Gasteiger partial charge is 0.254 e. The minimum atomic E-state index is -0.125. The second kappa shape index (κ2) is 8.43. The van der Waals surface area contributed by atoms with Crippen LogP contribution in [0.1, 0.15) is 38.5 Å². The Morgan fingerprint density at radius 3 is 2.87 bits per heavy atom. The number of hydrogen-bond donors (Lipinski definition) is 1. The van der Waals surface area contributed by atoms with E-state index in [0.29, 0.717) is 18.1 Å². The first-order valence-electron chi connectivity index (χ1n) is 10.5. The number of aryl methyl sites for hydroxylation is 2. The van der Waals surface area contributed by atoms with Gasteiger partial charge in [-0.3, -0.25) is 4.79 Å². The summed E-state index contributed by atoms with van der Waals surface area (Å²) in [4.78, 5) is 23.4. The van der Waals surface area contributed by atoms with Crippen LogP contribution < -0.4 is 5.32 Å². The Hall–Kier alpha value is -3.32. The number of thiophene rings is 1. The van der Waals surface area contributed by atoms with Crippen molar-refractivity contribution in [3.63, 3.8) is 0 Å². The van der Waals surface area contributed by atoms with Crippen LogP contribution >= 0.6 is 11.3 Å². The van der Waals surface area contributed by atoms with E-state index in [1.54, 1.807) is 22.2 Å². The Bertz CT molecular complexity index is 1230. The van der Waals surface area contributed by atoms with Crippen LogP contribution in [0.2, 0.25) is 0 Å². The predicted molar refractivity (Wildman–Crippen MR) is 122 cm³/mol. The van der Waals surface area contributed by atoms with Crippen LogP contribution in [0.3, 0.4) is 0 Å². The molecule has 1 amide bonds. The molecule has 0 bridgehead atoms. The highest BCUT2D eigenvalue weighted by Crippen LogP contribution is 2.31. The maximum Gasteiger partial charge on any atom is 0.254 e. The van der Waals surface area contributed by atoms with E-state index in [1.165, 1.54) is 10.4 Å². The van der Waals surface area contributed by atoms with Crippen LogP contribution in [0.25, 0.3) is 17.2 Å². The molecule has 5 rings (SSSR count). The molecule has 6 nitrogen and oxygen atoms in total. The molecule has 1 aromatic carbocycles. The van der Waals surface area contributed by atoms with E-state index < -0.39 is 0 Å². The summed E-state index contributed by atoms with van der Waals surface area (Å²) in [6, 6.07) is 12.5. The summed E-state index contributed by atoms with van der Waals surface area (Å²) in [5, 5.41) is 9.46. The number of aromatic nitrogens is 4. The highest BCUT2D eigenvalue weighted by molar-refractivity contribution is 7.09. The van der Waals surface area contributed by atoms with Crippen molar-refractivity contribution in [3.05, 3.63) is 81.4 Å². The lowest BCUT2D eigenvalue weighted by Crippen LogP contribution is -2.26. The van der Waals surface area contributed by atoms with E-state index in [1.807, 2.05) is 30.6 Å². The second-order valence-corrected chi connectivity index (χ2v) is 8.73. The molecule has 0 fully saturated rings. The zero-order chi connectivity index (χ0) is 21.2. The lowest BCUT2D eigenvalue weighted by atomic mass is 10.0. The van der Waals surface area contributed by atoms with Gasteiger partial charge in [-0.25, -0.2) is 14.6 Å². The van der Waals surface area contributed by atoms with Crippen LogP contribution in [0.5, 0.6) is 0 Å². The molecule has 3 heterocycles. The third-order valence-corrected chi connectivity index (χ3v) is 6.63. The van der Waals surface area contributed by atoms with Gasteiger partial charge in [0.15, 0.2) is 0 Å². The summed E-state index contributed by atoms with van der Waals surface area (Å²) in [6.07, 6.45) is 7.41. The van der Waals surface area contributed by atoms with Crippen molar-refractivity contribution in [3.8, 4) is 17.2 Å². The maximum absolute atomic E-state index is 12.7. The summed E-state index contributed by atoms with van der Waals surface area (Å²) in [6.45, 7) is 2.47. The summed E-state index contributed by atoms with van der Waals surface area (Å²) in [5.74, 6) is 0.367. The van der Waals surface area contributed by atoms with Gasteiger partial charge in [0, 0.05) is 23.2 Å². The standard InChI is InChI=1S/C24H23N5OS/c1-16-21(23(30)25-12-11-19-9-5-13-31-19)15-27-29(16)24-26-14-18-8-4-7-17-6-2-3-10-20(17)22(18)28-24/h2-3,5-6,9-10,13-15H,4,7-8,11-12H2,1H3,(H,25,30). The molecule has 31 heavy (non-hydrogen) atoms. The van der Waals surface area contributed by atoms with E-state index in [9.17, 15) is 4.79 Å². The van der Waals surface area contributed by atoms with Crippen molar-refractivity contribution >= 4 is 17.2 Å². The van der Waals surface area contributed by atoms with Gasteiger partial charge >= 0.3 is 0 Å². The number of nitrogens with zero attached hydrogens (tertiary/aromatic N) is 4. The average Bonchev–Trinajstić information content (AvgIpc) is 3.40. The Morgan fingerprint density at radius 1 is 1.13 bits per heavy atom. The summed E-state index contributed by atoms with van der Waals surface area (Å²) in [7, 11) is 0. The lowest BCUT2D eigenvalue weighted by Gasteiger charge is -2.10. The van der Waals surface area contributed by atoms with Gasteiger partial charge in [-0.05, 0) is 55.2 Å². The Balaban J connectivity index is 1.40. The predicted octanol–water partition coefficient (Wildman–Crippen LogP) is 4.16. The Labute approximate surface area is 185 Å². The molecule has 156 valence electrons. The highest BCUT2D eigenvalue weighted by Gasteiger charge is 2.20. The van der Waals surface area contributed by atoms with Crippen molar-refractivity contribution in [1.29, 1.82) is 0 Å². The van der Waals surface area contributed by atoms with Gasteiger partial charge in [-0.2, -0.15) is 5.10 Å². The zero-order valence-electron chi connectivity index (χ0n) is 17.3. The van der Waals surface area contributed by atoms with Gasteiger partial charge in [-0.1, -0.05) is 30.3 Å². The van der Waals surface area contributed by atoms with Crippen molar-refractivity contribution in [2.45, 2.75) is 32.6 Å². The average molecular weight is 430 g/mol. The van der Waals surface area contributed by atoms with Crippen LogP contribution in [-0.4, -0.2) is 32.2 Å². The molecular weight excluding hydrogens is 406 g/mol. The normalized spacial score (nSPS) is 12.7. The summed E-state index contributed by atoms with van der Waals surface area (Å²) in [5.41, 5.74) is 5.88. The molecule has 0 radical (unpaired) electrons. The number of carbonyl (C=O) groups excluding carboxylic acids is 1. The van der Waals surface area contributed by atoms with Crippen molar-refractivity contribution < 1.29 is 4.79 Å². The molecule has 7 heteroatoms. The molecule has 0 aliphatic heterocycles. The first-order valence-corrected chi connectivity index (χ1v) is 11.4. The minimum absolute atomic E-state index is 0.125. The molecule has 0 atom stereocenters. The third-order valence-electron chi connectivity index (χ3n) is 5.70. The first-order chi connectivity index (χ1) is 15.2. The lowest BCUT2D eigenvalue weighted by molar-refractivity contribution is 0.0953. The monoisotopic (exact) mass is 429 g/mol. The van der Waals surface area contributed by atoms with E-state index >= 15 is 0 Å². The molecule has 0 unspecified atom stereocenters. The van der Waals surface area contributed by atoms with Gasteiger partial charge in [0.1, 0.15) is 0 Å². The van der Waals surface area contributed by atoms with Crippen molar-refractivity contribution in [2.75, 3.05) is 6.54 Å². The van der Waals surface area contributed by atoms with Crippen molar-refractivity contribution in [1.82, 2.24) is 25.1 Å². The molecule has 0 spiro atoms. The van der Waals surface area contributed by atoms with Crippen LogP contribution in [0.15, 0.2) is 54.2 Å². The summed E-state index contributed by atoms with van der Waals surface area (Å²) >= 11 is 1.70. The first kappa shape index (κ1) is 19.6. The molecular formula is C24H23N5OS. The molecule has 1 aliphatic rings. The Kier molecular flexibility index (Phi) is 5.34. The van der Waals surface area contributed by atoms with Crippen LogP contribution in [0, 0.1) is 6.92 Å². The fraction of sp³-hybridized carbons (Fsp3) is 0.250. The number of amides is 1.